The molecule has 0 spiro atoms. The Kier molecular flexibility index (Phi) is 11.1. The third kappa shape index (κ3) is 8.51. The molecule has 3 aromatic rings. The molecule has 40 heavy (non-hydrogen) atoms. The van der Waals surface area contributed by atoms with Crippen molar-refractivity contribution < 1.29 is 18.0 Å². The van der Waals surface area contributed by atoms with E-state index in [-0.39, 0.29) is 34.7 Å². The summed E-state index contributed by atoms with van der Waals surface area (Å²) in [6.07, 6.45) is 1.11. The third-order valence-electron chi connectivity index (χ3n) is 5.95. The van der Waals surface area contributed by atoms with E-state index in [0.717, 1.165) is 16.1 Å². The molecule has 0 saturated heterocycles. The quantitative estimate of drug-likeness (QED) is 0.268. The van der Waals surface area contributed by atoms with Crippen molar-refractivity contribution >= 4 is 73.9 Å². The van der Waals surface area contributed by atoms with Crippen LogP contribution in [0, 0.1) is 0 Å². The number of hydrogen-bond donors (Lipinski definition) is 1. The number of amides is 2. The molecule has 0 heterocycles. The minimum atomic E-state index is -4.01. The molecule has 214 valence electrons. The molecule has 0 radical (unpaired) electrons. The molecule has 0 unspecified atom stereocenters. The number of nitrogens with zero attached hydrogens (tertiary/aromatic N) is 2. The number of halogens is 4. The zero-order chi connectivity index (χ0) is 29.6. The van der Waals surface area contributed by atoms with Gasteiger partial charge in [0.05, 0.1) is 17.0 Å². The highest BCUT2D eigenvalue weighted by Gasteiger charge is 2.34. The average Bonchev–Trinajstić information content (AvgIpc) is 2.87. The van der Waals surface area contributed by atoms with E-state index in [4.69, 9.17) is 46.4 Å². The fourth-order valence-corrected chi connectivity index (χ4v) is 5.87. The van der Waals surface area contributed by atoms with E-state index >= 15 is 0 Å². The van der Waals surface area contributed by atoms with Crippen molar-refractivity contribution in [3.05, 3.63) is 97.9 Å². The highest BCUT2D eigenvalue weighted by atomic mass is 35.5. The largest absolute Gasteiger partial charge is 0.352 e. The number of rotatable bonds is 11. The Balaban J connectivity index is 2.13. The number of sulfonamides is 1. The summed E-state index contributed by atoms with van der Waals surface area (Å²) in [6.45, 7) is 2.81. The van der Waals surface area contributed by atoms with Crippen LogP contribution < -0.4 is 9.62 Å². The summed E-state index contributed by atoms with van der Waals surface area (Å²) in [5, 5.41) is 3.79. The number of benzene rings is 3. The third-order valence-corrected chi connectivity index (χ3v) is 8.34. The van der Waals surface area contributed by atoms with Gasteiger partial charge in [0.15, 0.2) is 0 Å². The van der Waals surface area contributed by atoms with Gasteiger partial charge in [-0.2, -0.15) is 0 Å². The van der Waals surface area contributed by atoms with Crippen LogP contribution in [0.25, 0.3) is 0 Å². The molecule has 3 rings (SSSR count). The summed E-state index contributed by atoms with van der Waals surface area (Å²) < 4.78 is 26.7. The van der Waals surface area contributed by atoms with Crippen LogP contribution >= 0.6 is 46.4 Å². The van der Waals surface area contributed by atoms with Gasteiger partial charge in [-0.05, 0) is 49.7 Å². The Morgan fingerprint density at radius 1 is 0.875 bits per heavy atom. The summed E-state index contributed by atoms with van der Waals surface area (Å²) >= 11 is 25.4. The molecule has 3 aromatic carbocycles. The first-order chi connectivity index (χ1) is 18.8. The van der Waals surface area contributed by atoms with Crippen LogP contribution in [0.4, 0.5) is 5.69 Å². The molecule has 7 nitrogen and oxygen atoms in total. The fourth-order valence-electron chi connectivity index (χ4n) is 4.06. The lowest BCUT2D eigenvalue weighted by Crippen LogP contribution is -2.54. The number of anilines is 1. The van der Waals surface area contributed by atoms with Gasteiger partial charge in [-0.1, -0.05) is 82.8 Å². The Hall–Kier alpha value is -2.49. The molecular formula is C28H29Cl4N3O4S. The number of nitrogens with one attached hydrogen (secondary N) is 1. The Morgan fingerprint density at radius 3 is 2.08 bits per heavy atom. The maximum atomic E-state index is 14.1. The van der Waals surface area contributed by atoms with E-state index in [0.29, 0.717) is 15.6 Å². The summed E-state index contributed by atoms with van der Waals surface area (Å²) in [7, 11) is -4.01. The highest BCUT2D eigenvalue weighted by molar-refractivity contribution is 7.92. The fraction of sp³-hybridized carbons (Fsp3) is 0.286. The lowest BCUT2D eigenvalue weighted by molar-refractivity contribution is -0.140. The highest BCUT2D eigenvalue weighted by Crippen LogP contribution is 2.32. The van der Waals surface area contributed by atoms with Gasteiger partial charge < -0.3 is 10.2 Å². The number of hydrogen-bond acceptors (Lipinski definition) is 4. The van der Waals surface area contributed by atoms with Crippen molar-refractivity contribution in [1.82, 2.24) is 10.2 Å². The smallest absolute Gasteiger partial charge is 0.244 e. The van der Waals surface area contributed by atoms with Crippen molar-refractivity contribution in [3.63, 3.8) is 0 Å². The Bertz CT molecular complexity index is 1450. The van der Waals surface area contributed by atoms with Crippen LogP contribution in [-0.2, 0) is 32.6 Å². The summed E-state index contributed by atoms with van der Waals surface area (Å²) in [4.78, 5) is 29.0. The molecule has 12 heteroatoms. The molecule has 0 aliphatic carbocycles. The predicted molar refractivity (Wildman–Crippen MR) is 163 cm³/mol. The van der Waals surface area contributed by atoms with Crippen LogP contribution in [0.2, 0.25) is 20.1 Å². The molecular weight excluding hydrogens is 616 g/mol. The molecule has 0 aliphatic rings. The van der Waals surface area contributed by atoms with Crippen LogP contribution in [0.15, 0.2) is 66.7 Å². The molecule has 2 amide bonds. The van der Waals surface area contributed by atoms with E-state index in [1.807, 2.05) is 30.3 Å². The van der Waals surface area contributed by atoms with Gasteiger partial charge in [-0.3, -0.25) is 13.9 Å². The standard InChI is InChI=1S/C28H29Cl4N3O4S/c1-18(2)33-28(37)26(14-19-8-5-4-6-9-19)34(16-21-22(30)10-7-11-23(21)31)27(36)17-35(40(3,38)39)25-15-20(29)12-13-24(25)32/h4-13,15,18,26H,14,16-17H2,1-3H3,(H,33,37)/t26-/m0/s1. The average molecular weight is 645 g/mol. The van der Waals surface area contributed by atoms with Gasteiger partial charge >= 0.3 is 0 Å². The second kappa shape index (κ2) is 13.9. The Morgan fingerprint density at radius 2 is 1.50 bits per heavy atom. The SMILES string of the molecule is CC(C)NC(=O)[C@H](Cc1ccccc1)N(Cc1c(Cl)cccc1Cl)C(=O)CN(c1cc(Cl)ccc1Cl)S(C)(=O)=O. The van der Waals surface area contributed by atoms with Gasteiger partial charge in [0.1, 0.15) is 12.6 Å². The minimum Gasteiger partial charge on any atom is -0.352 e. The first-order valence-corrected chi connectivity index (χ1v) is 15.6. The molecule has 1 atom stereocenters. The minimum absolute atomic E-state index is 0.0342. The monoisotopic (exact) mass is 643 g/mol. The van der Waals surface area contributed by atoms with E-state index in [2.05, 4.69) is 5.32 Å². The van der Waals surface area contributed by atoms with Gasteiger partial charge in [-0.25, -0.2) is 8.42 Å². The van der Waals surface area contributed by atoms with Crippen molar-refractivity contribution in [3.8, 4) is 0 Å². The topological polar surface area (TPSA) is 86.8 Å². The van der Waals surface area contributed by atoms with Crippen LogP contribution in [0.3, 0.4) is 0 Å². The van der Waals surface area contributed by atoms with Crippen LogP contribution in [0.1, 0.15) is 25.0 Å². The van der Waals surface area contributed by atoms with Crippen LogP contribution in [-0.4, -0.2) is 50.0 Å². The Labute approximate surface area is 255 Å². The zero-order valence-electron chi connectivity index (χ0n) is 22.1. The maximum absolute atomic E-state index is 14.1. The van der Waals surface area contributed by atoms with Crippen LogP contribution in [0.5, 0.6) is 0 Å². The summed E-state index contributed by atoms with van der Waals surface area (Å²) in [5.74, 6) is -1.08. The van der Waals surface area contributed by atoms with Gasteiger partial charge in [0.2, 0.25) is 21.8 Å². The van der Waals surface area contributed by atoms with Gasteiger partial charge in [-0.15, -0.1) is 0 Å². The normalized spacial score (nSPS) is 12.2. The predicted octanol–water partition coefficient (Wildman–Crippen LogP) is 6.23. The van der Waals surface area contributed by atoms with Gasteiger partial charge in [0, 0.05) is 39.6 Å². The molecule has 1 N–H and O–H groups in total. The van der Waals surface area contributed by atoms with Crippen molar-refractivity contribution in [2.45, 2.75) is 38.9 Å². The lowest BCUT2D eigenvalue weighted by Gasteiger charge is -2.34. The maximum Gasteiger partial charge on any atom is 0.244 e. The summed E-state index contributed by atoms with van der Waals surface area (Å²) in [5.41, 5.74) is 1.25. The van der Waals surface area contributed by atoms with E-state index in [1.54, 1.807) is 32.0 Å². The molecule has 0 aliphatic heterocycles. The number of carbonyl (C=O) groups is 2. The second-order valence-electron chi connectivity index (χ2n) is 9.46. The first kappa shape index (κ1) is 32.0. The van der Waals surface area contributed by atoms with Gasteiger partial charge in [0.25, 0.3) is 0 Å². The first-order valence-electron chi connectivity index (χ1n) is 12.3. The van der Waals surface area contributed by atoms with Crippen molar-refractivity contribution in [1.29, 1.82) is 0 Å². The second-order valence-corrected chi connectivity index (χ2v) is 13.0. The van der Waals surface area contributed by atoms with E-state index in [9.17, 15) is 18.0 Å². The molecule has 0 bridgehead atoms. The molecule has 0 aromatic heterocycles. The van der Waals surface area contributed by atoms with E-state index < -0.39 is 34.4 Å². The summed E-state index contributed by atoms with van der Waals surface area (Å²) in [6, 6.07) is 17.2. The van der Waals surface area contributed by atoms with E-state index in [1.165, 1.54) is 23.1 Å². The zero-order valence-corrected chi connectivity index (χ0v) is 25.9. The van der Waals surface area contributed by atoms with Crippen molar-refractivity contribution in [2.75, 3.05) is 17.1 Å². The molecule has 0 fully saturated rings. The molecule has 0 saturated carbocycles. The number of carbonyl (C=O) groups excluding carboxylic acids is 2. The van der Waals surface area contributed by atoms with Crippen molar-refractivity contribution in [2.24, 2.45) is 0 Å². The lowest BCUT2D eigenvalue weighted by atomic mass is 10.0.